The third kappa shape index (κ3) is 4.90. The second kappa shape index (κ2) is 10.7. The first-order chi connectivity index (χ1) is 19.7. The maximum atomic E-state index is 12.7. The molecule has 0 radical (unpaired) electrons. The Morgan fingerprint density at radius 1 is 1.05 bits per heavy atom. The third-order valence-corrected chi connectivity index (χ3v) is 8.12. The van der Waals surface area contributed by atoms with Crippen LogP contribution in [0.3, 0.4) is 0 Å². The Balaban J connectivity index is 1.17. The van der Waals surface area contributed by atoms with E-state index < -0.39 is 0 Å². The van der Waals surface area contributed by atoms with Crippen molar-refractivity contribution < 1.29 is 4.79 Å². The molecule has 2 aliphatic heterocycles. The largest absolute Gasteiger partial charge is 0.371 e. The molecule has 2 aliphatic rings. The van der Waals surface area contributed by atoms with Crippen LogP contribution in [0.2, 0.25) is 0 Å². The van der Waals surface area contributed by atoms with E-state index in [9.17, 15) is 4.79 Å². The highest BCUT2D eigenvalue weighted by Crippen LogP contribution is 2.34. The molecule has 5 aromatic rings. The number of hydrogen-bond donors (Lipinski definition) is 4. The van der Waals surface area contributed by atoms with Crippen molar-refractivity contribution in [3.8, 4) is 22.6 Å². The molecule has 0 bridgehead atoms. The van der Waals surface area contributed by atoms with Crippen molar-refractivity contribution in [1.82, 2.24) is 35.5 Å². The minimum absolute atomic E-state index is 0.0303. The van der Waals surface area contributed by atoms with E-state index in [2.05, 4.69) is 52.8 Å². The number of amides is 1. The molecule has 4 N–H and O–H groups in total. The van der Waals surface area contributed by atoms with Crippen molar-refractivity contribution >= 4 is 39.3 Å². The average Bonchev–Trinajstić information content (AvgIpc) is 3.62. The van der Waals surface area contributed by atoms with E-state index in [0.717, 1.165) is 83.7 Å². The molecule has 204 valence electrons. The molecule has 0 spiro atoms. The summed E-state index contributed by atoms with van der Waals surface area (Å²) >= 11 is 0. The molecule has 7 rings (SSSR count). The van der Waals surface area contributed by atoms with Gasteiger partial charge in [0.15, 0.2) is 0 Å². The molecule has 10 heteroatoms. The topological polar surface area (TPSA) is 128 Å². The molecule has 0 saturated carbocycles. The summed E-state index contributed by atoms with van der Waals surface area (Å²) in [6.07, 6.45) is 11.7. The number of aromatic nitrogens is 6. The molecule has 0 aromatic carbocycles. The molecule has 5 aromatic heterocycles. The van der Waals surface area contributed by atoms with Crippen molar-refractivity contribution in [2.45, 2.75) is 38.5 Å². The molecule has 0 atom stereocenters. The summed E-state index contributed by atoms with van der Waals surface area (Å²) in [5, 5.41) is 15.2. The number of rotatable bonds is 6. The summed E-state index contributed by atoms with van der Waals surface area (Å²) in [5.74, 6) is 0.458. The fourth-order valence-corrected chi connectivity index (χ4v) is 6.01. The first-order valence-corrected chi connectivity index (χ1v) is 14.3. The van der Waals surface area contributed by atoms with Crippen LogP contribution >= 0.6 is 0 Å². The lowest BCUT2D eigenvalue weighted by Crippen LogP contribution is -2.30. The van der Waals surface area contributed by atoms with Gasteiger partial charge < -0.3 is 20.5 Å². The Bertz CT molecular complexity index is 1660. The van der Waals surface area contributed by atoms with Gasteiger partial charge in [0.05, 0.1) is 28.8 Å². The van der Waals surface area contributed by atoms with Gasteiger partial charge in [0.25, 0.3) is 0 Å². The zero-order chi connectivity index (χ0) is 26.9. The molecule has 40 heavy (non-hydrogen) atoms. The molecule has 0 aliphatic carbocycles. The van der Waals surface area contributed by atoms with Gasteiger partial charge in [-0.25, -0.2) is 9.97 Å². The van der Waals surface area contributed by atoms with Crippen molar-refractivity contribution in [2.24, 2.45) is 5.92 Å². The second-order valence-electron chi connectivity index (χ2n) is 10.9. The predicted molar refractivity (Wildman–Crippen MR) is 157 cm³/mol. The number of carbonyl (C=O) groups is 1. The smallest absolute Gasteiger partial charge is 0.224 e. The number of piperidine rings is 2. The number of carbonyl (C=O) groups excluding carboxylic acids is 1. The zero-order valence-corrected chi connectivity index (χ0v) is 22.4. The quantitative estimate of drug-likeness (QED) is 0.244. The van der Waals surface area contributed by atoms with Crippen LogP contribution in [0.4, 0.5) is 11.4 Å². The molecule has 2 saturated heterocycles. The standard InChI is InChI=1S/C30H33N9O/c40-27(14-19-6-9-31-10-7-19)34-21-15-20(17-32-18-21)23-4-5-24-28(35-23)29(38-37-24)25-16-22-26(8-11-33-30(22)36-25)39-12-2-1-3-13-39/h4-5,8,11,15-19,31H,1-3,6-7,9-10,12-14H2,(H,33,36)(H,34,40)(H,37,38). The van der Waals surface area contributed by atoms with E-state index in [-0.39, 0.29) is 5.91 Å². The number of nitrogens with one attached hydrogen (secondary N) is 4. The van der Waals surface area contributed by atoms with Gasteiger partial charge in [-0.2, -0.15) is 5.10 Å². The molecular formula is C30H33N9O. The second-order valence-corrected chi connectivity index (χ2v) is 10.9. The van der Waals surface area contributed by atoms with Crippen LogP contribution in [-0.2, 0) is 4.79 Å². The minimum Gasteiger partial charge on any atom is -0.371 e. The zero-order valence-electron chi connectivity index (χ0n) is 22.4. The third-order valence-electron chi connectivity index (χ3n) is 8.12. The lowest BCUT2D eigenvalue weighted by atomic mass is 9.94. The van der Waals surface area contributed by atoms with Gasteiger partial charge in [-0.15, -0.1) is 0 Å². The Hall–Kier alpha value is -4.31. The molecule has 2 fully saturated rings. The van der Waals surface area contributed by atoms with E-state index >= 15 is 0 Å². The monoisotopic (exact) mass is 535 g/mol. The van der Waals surface area contributed by atoms with Crippen LogP contribution < -0.4 is 15.5 Å². The van der Waals surface area contributed by atoms with E-state index in [4.69, 9.17) is 4.98 Å². The highest BCUT2D eigenvalue weighted by atomic mass is 16.1. The summed E-state index contributed by atoms with van der Waals surface area (Å²) in [7, 11) is 0. The summed E-state index contributed by atoms with van der Waals surface area (Å²) in [4.78, 5) is 32.5. The highest BCUT2D eigenvalue weighted by molar-refractivity contribution is 5.98. The van der Waals surface area contributed by atoms with Crippen LogP contribution in [0.1, 0.15) is 38.5 Å². The van der Waals surface area contributed by atoms with Crippen molar-refractivity contribution in [3.63, 3.8) is 0 Å². The van der Waals surface area contributed by atoms with Crippen LogP contribution in [-0.4, -0.2) is 62.2 Å². The van der Waals surface area contributed by atoms with Gasteiger partial charge in [0, 0.05) is 48.5 Å². The van der Waals surface area contributed by atoms with E-state index in [0.29, 0.717) is 18.0 Å². The molecule has 10 nitrogen and oxygen atoms in total. The van der Waals surface area contributed by atoms with Crippen LogP contribution in [0, 0.1) is 5.92 Å². The van der Waals surface area contributed by atoms with E-state index in [1.165, 1.54) is 24.9 Å². The van der Waals surface area contributed by atoms with Crippen LogP contribution in [0.5, 0.6) is 0 Å². The number of aromatic amines is 2. The Labute approximate surface area is 232 Å². The Kier molecular flexibility index (Phi) is 6.60. The normalized spacial score (nSPS) is 16.6. The van der Waals surface area contributed by atoms with E-state index in [1.807, 2.05) is 24.4 Å². The summed E-state index contributed by atoms with van der Waals surface area (Å²) in [6.45, 7) is 4.10. The van der Waals surface area contributed by atoms with Gasteiger partial charge >= 0.3 is 0 Å². The average molecular weight is 536 g/mol. The van der Waals surface area contributed by atoms with Crippen molar-refractivity contribution in [2.75, 3.05) is 36.4 Å². The van der Waals surface area contributed by atoms with Gasteiger partial charge in [-0.3, -0.25) is 14.9 Å². The summed E-state index contributed by atoms with van der Waals surface area (Å²) < 4.78 is 0. The fourth-order valence-electron chi connectivity index (χ4n) is 6.01. The van der Waals surface area contributed by atoms with Gasteiger partial charge in [-0.1, -0.05) is 0 Å². The maximum Gasteiger partial charge on any atom is 0.224 e. The highest BCUT2D eigenvalue weighted by Gasteiger charge is 2.20. The van der Waals surface area contributed by atoms with Crippen LogP contribution in [0.25, 0.3) is 44.7 Å². The fraction of sp³-hybridized carbons (Fsp3) is 0.367. The predicted octanol–water partition coefficient (Wildman–Crippen LogP) is 4.88. The molecule has 1 amide bonds. The molecular weight excluding hydrogens is 502 g/mol. The molecule has 0 unspecified atom stereocenters. The van der Waals surface area contributed by atoms with Gasteiger partial charge in [-0.05, 0) is 81.4 Å². The summed E-state index contributed by atoms with van der Waals surface area (Å²) in [6, 6.07) is 10.1. The van der Waals surface area contributed by atoms with E-state index in [1.54, 1.807) is 12.4 Å². The Morgan fingerprint density at radius 2 is 1.93 bits per heavy atom. The lowest BCUT2D eigenvalue weighted by Gasteiger charge is -2.29. The first-order valence-electron chi connectivity index (χ1n) is 14.3. The number of fused-ring (bicyclic) bond motifs is 2. The lowest BCUT2D eigenvalue weighted by molar-refractivity contribution is -0.117. The van der Waals surface area contributed by atoms with Crippen LogP contribution in [0.15, 0.2) is 48.9 Å². The number of hydrogen-bond acceptors (Lipinski definition) is 7. The maximum absolute atomic E-state index is 12.7. The Morgan fingerprint density at radius 3 is 2.80 bits per heavy atom. The first kappa shape index (κ1) is 24.7. The van der Waals surface area contributed by atoms with Crippen molar-refractivity contribution in [3.05, 3.63) is 48.9 Å². The number of pyridine rings is 3. The number of nitrogens with zero attached hydrogens (tertiary/aromatic N) is 5. The van der Waals surface area contributed by atoms with Crippen molar-refractivity contribution in [1.29, 1.82) is 0 Å². The van der Waals surface area contributed by atoms with Gasteiger partial charge in [0.2, 0.25) is 5.91 Å². The summed E-state index contributed by atoms with van der Waals surface area (Å²) in [5.41, 5.74) is 7.58. The minimum atomic E-state index is 0.0303. The molecule has 7 heterocycles. The van der Waals surface area contributed by atoms with Gasteiger partial charge in [0.1, 0.15) is 16.9 Å². The number of H-pyrrole nitrogens is 2. The SMILES string of the molecule is O=C(CC1CCNCC1)Nc1cncc(-c2ccc3[nH]nc(-c4cc5c(N6CCCCC6)ccnc5[nH]4)c3n2)c1. The number of anilines is 2.